The first kappa shape index (κ1) is 17.5. The van der Waals surface area contributed by atoms with Crippen LogP contribution in [0.15, 0.2) is 47.8 Å². The second-order valence-electron chi connectivity index (χ2n) is 6.19. The average molecular weight is 357 g/mol. The molecule has 1 N–H and O–H groups in total. The molecule has 2 heterocycles. The maximum absolute atomic E-state index is 12.6. The van der Waals surface area contributed by atoms with Crippen LogP contribution in [0.5, 0.6) is 0 Å². The van der Waals surface area contributed by atoms with E-state index in [-0.39, 0.29) is 11.8 Å². The Morgan fingerprint density at radius 3 is 2.44 bits per heavy atom. The second kappa shape index (κ2) is 8.16. The Bertz CT molecular complexity index is 695. The summed E-state index contributed by atoms with van der Waals surface area (Å²) in [6.45, 7) is 4.74. The number of thiophene rings is 1. The van der Waals surface area contributed by atoms with Crippen molar-refractivity contribution in [3.8, 4) is 0 Å². The molecule has 1 aliphatic rings. The van der Waals surface area contributed by atoms with Crippen molar-refractivity contribution in [2.24, 2.45) is 0 Å². The molecule has 6 heteroatoms. The van der Waals surface area contributed by atoms with Crippen molar-refractivity contribution in [3.63, 3.8) is 0 Å². The highest BCUT2D eigenvalue weighted by molar-refractivity contribution is 7.10. The molecule has 1 atom stereocenters. The van der Waals surface area contributed by atoms with E-state index in [9.17, 15) is 9.59 Å². The van der Waals surface area contributed by atoms with E-state index >= 15 is 0 Å². The van der Waals surface area contributed by atoms with Gasteiger partial charge in [-0.2, -0.15) is 0 Å². The zero-order valence-corrected chi connectivity index (χ0v) is 15.2. The van der Waals surface area contributed by atoms with Crippen LogP contribution in [0.4, 0.5) is 5.69 Å². The Hall–Kier alpha value is -2.34. The third-order valence-electron chi connectivity index (χ3n) is 4.38. The number of amides is 2. The molecule has 1 aromatic heterocycles. The Morgan fingerprint density at radius 1 is 1.08 bits per heavy atom. The first-order valence-electron chi connectivity index (χ1n) is 8.54. The fourth-order valence-corrected chi connectivity index (χ4v) is 3.73. The van der Waals surface area contributed by atoms with Crippen LogP contribution in [0, 0.1) is 0 Å². The number of carbonyl (C=O) groups excluding carboxylic acids is 2. The molecule has 0 bridgehead atoms. The van der Waals surface area contributed by atoms with Gasteiger partial charge >= 0.3 is 0 Å². The molecule has 25 heavy (non-hydrogen) atoms. The quantitative estimate of drug-likeness (QED) is 0.892. The van der Waals surface area contributed by atoms with Crippen molar-refractivity contribution < 1.29 is 9.59 Å². The number of nitrogens with zero attached hydrogens (tertiary/aromatic N) is 2. The van der Waals surface area contributed by atoms with E-state index in [4.69, 9.17) is 0 Å². The van der Waals surface area contributed by atoms with Gasteiger partial charge in [0.15, 0.2) is 0 Å². The summed E-state index contributed by atoms with van der Waals surface area (Å²) >= 11 is 1.55. The summed E-state index contributed by atoms with van der Waals surface area (Å²) in [7, 11) is 0. The van der Waals surface area contributed by atoms with E-state index in [1.807, 2.05) is 40.6 Å². The third kappa shape index (κ3) is 4.60. The third-order valence-corrected chi connectivity index (χ3v) is 5.25. The number of piperazine rings is 1. The summed E-state index contributed by atoms with van der Waals surface area (Å²) < 4.78 is 0. The number of nitrogens with one attached hydrogen (secondary N) is 1. The minimum absolute atomic E-state index is 0.00718. The SMILES string of the molecule is C[C@H](NC(=O)Cc1cccs1)C(=O)N1CCN(c2ccccc2)CC1. The Morgan fingerprint density at radius 2 is 1.80 bits per heavy atom. The molecule has 132 valence electrons. The Kier molecular flexibility index (Phi) is 5.71. The first-order valence-corrected chi connectivity index (χ1v) is 9.42. The Balaban J connectivity index is 1.47. The molecule has 1 fully saturated rings. The smallest absolute Gasteiger partial charge is 0.244 e. The molecule has 0 spiro atoms. The zero-order chi connectivity index (χ0) is 17.6. The number of rotatable bonds is 5. The predicted molar refractivity (Wildman–Crippen MR) is 101 cm³/mol. The standard InChI is InChI=1S/C19H23N3O2S/c1-15(20-18(23)14-17-8-5-13-25-17)19(24)22-11-9-21(10-12-22)16-6-3-2-4-7-16/h2-8,13,15H,9-12,14H2,1H3,(H,20,23)/t15-/m0/s1. The van der Waals surface area contributed by atoms with Crippen LogP contribution < -0.4 is 10.2 Å². The van der Waals surface area contributed by atoms with Gasteiger partial charge in [0.05, 0.1) is 6.42 Å². The van der Waals surface area contributed by atoms with E-state index < -0.39 is 6.04 Å². The predicted octanol–water partition coefficient (Wildman–Crippen LogP) is 2.14. The van der Waals surface area contributed by atoms with E-state index in [2.05, 4.69) is 22.3 Å². The minimum Gasteiger partial charge on any atom is -0.368 e. The molecular formula is C19H23N3O2S. The van der Waals surface area contributed by atoms with Crippen molar-refractivity contribution >= 4 is 28.8 Å². The van der Waals surface area contributed by atoms with Crippen molar-refractivity contribution in [1.82, 2.24) is 10.2 Å². The highest BCUT2D eigenvalue weighted by atomic mass is 32.1. The van der Waals surface area contributed by atoms with Crippen LogP contribution in [0.25, 0.3) is 0 Å². The second-order valence-corrected chi connectivity index (χ2v) is 7.23. The van der Waals surface area contributed by atoms with E-state index in [1.165, 1.54) is 5.69 Å². The molecule has 0 unspecified atom stereocenters. The van der Waals surface area contributed by atoms with Gasteiger partial charge in [0.25, 0.3) is 0 Å². The van der Waals surface area contributed by atoms with Crippen LogP contribution in [0.1, 0.15) is 11.8 Å². The number of hydrogen-bond acceptors (Lipinski definition) is 4. The zero-order valence-electron chi connectivity index (χ0n) is 14.4. The molecule has 0 radical (unpaired) electrons. The van der Waals surface area contributed by atoms with Gasteiger partial charge in [-0.1, -0.05) is 24.3 Å². The maximum Gasteiger partial charge on any atom is 0.244 e. The lowest BCUT2D eigenvalue weighted by atomic mass is 10.2. The van der Waals surface area contributed by atoms with Crippen LogP contribution in [-0.4, -0.2) is 48.9 Å². The number of carbonyl (C=O) groups is 2. The molecule has 2 aromatic rings. The molecule has 1 aliphatic heterocycles. The van der Waals surface area contributed by atoms with Crippen LogP contribution in [-0.2, 0) is 16.0 Å². The number of para-hydroxylation sites is 1. The molecule has 0 aliphatic carbocycles. The van der Waals surface area contributed by atoms with Crippen molar-refractivity contribution in [2.45, 2.75) is 19.4 Å². The lowest BCUT2D eigenvalue weighted by Gasteiger charge is -2.37. The lowest BCUT2D eigenvalue weighted by Crippen LogP contribution is -2.54. The topological polar surface area (TPSA) is 52.7 Å². The van der Waals surface area contributed by atoms with Gasteiger partial charge in [-0.3, -0.25) is 9.59 Å². The van der Waals surface area contributed by atoms with Gasteiger partial charge in [-0.05, 0) is 30.5 Å². The van der Waals surface area contributed by atoms with Gasteiger partial charge in [0, 0.05) is 36.7 Å². The lowest BCUT2D eigenvalue weighted by molar-refractivity contribution is -0.136. The normalized spacial score (nSPS) is 15.7. The van der Waals surface area contributed by atoms with Crippen LogP contribution >= 0.6 is 11.3 Å². The molecule has 1 aromatic carbocycles. The first-order chi connectivity index (χ1) is 12.1. The summed E-state index contributed by atoms with van der Waals surface area (Å²) in [6.07, 6.45) is 0.330. The number of anilines is 1. The summed E-state index contributed by atoms with van der Waals surface area (Å²) in [5.41, 5.74) is 1.19. The van der Waals surface area contributed by atoms with E-state index in [0.29, 0.717) is 19.5 Å². The van der Waals surface area contributed by atoms with Crippen molar-refractivity contribution in [1.29, 1.82) is 0 Å². The van der Waals surface area contributed by atoms with Crippen LogP contribution in [0.3, 0.4) is 0 Å². The molecule has 3 rings (SSSR count). The average Bonchev–Trinajstić information content (AvgIpc) is 3.14. The molecule has 1 saturated heterocycles. The molecular weight excluding hydrogens is 334 g/mol. The molecule has 5 nitrogen and oxygen atoms in total. The van der Waals surface area contributed by atoms with Crippen molar-refractivity contribution in [3.05, 3.63) is 52.7 Å². The van der Waals surface area contributed by atoms with Crippen LogP contribution in [0.2, 0.25) is 0 Å². The minimum atomic E-state index is -0.490. The monoisotopic (exact) mass is 357 g/mol. The summed E-state index contributed by atoms with van der Waals surface area (Å²) in [5.74, 6) is -0.113. The highest BCUT2D eigenvalue weighted by Gasteiger charge is 2.25. The van der Waals surface area contributed by atoms with Crippen molar-refractivity contribution in [2.75, 3.05) is 31.1 Å². The van der Waals surface area contributed by atoms with Gasteiger partial charge in [-0.15, -0.1) is 11.3 Å². The summed E-state index contributed by atoms with van der Waals surface area (Å²) in [4.78, 5) is 29.8. The van der Waals surface area contributed by atoms with Gasteiger partial charge in [0.1, 0.15) is 6.04 Å². The fourth-order valence-electron chi connectivity index (χ4n) is 3.02. The maximum atomic E-state index is 12.6. The highest BCUT2D eigenvalue weighted by Crippen LogP contribution is 2.16. The largest absolute Gasteiger partial charge is 0.368 e. The number of benzene rings is 1. The van der Waals surface area contributed by atoms with Gasteiger partial charge < -0.3 is 15.1 Å². The molecule has 0 saturated carbocycles. The van der Waals surface area contributed by atoms with Gasteiger partial charge in [0.2, 0.25) is 11.8 Å². The fraction of sp³-hybridized carbons (Fsp3) is 0.368. The molecule has 2 amide bonds. The summed E-state index contributed by atoms with van der Waals surface area (Å²) in [6, 6.07) is 13.6. The Labute approximate surface area is 152 Å². The van der Waals surface area contributed by atoms with Gasteiger partial charge in [-0.25, -0.2) is 0 Å². The summed E-state index contributed by atoms with van der Waals surface area (Å²) in [5, 5.41) is 4.77. The number of hydrogen-bond donors (Lipinski definition) is 1. The van der Waals surface area contributed by atoms with E-state index in [0.717, 1.165) is 18.0 Å². The van der Waals surface area contributed by atoms with E-state index in [1.54, 1.807) is 18.3 Å².